The van der Waals surface area contributed by atoms with Crippen LogP contribution in [0.15, 0.2) is 65.3 Å². The second kappa shape index (κ2) is 7.40. The molecule has 0 unspecified atom stereocenters. The monoisotopic (exact) mass is 400 g/mol. The summed E-state index contributed by atoms with van der Waals surface area (Å²) in [7, 11) is 1.05. The van der Waals surface area contributed by atoms with Gasteiger partial charge in [0.05, 0.1) is 23.0 Å². The molecule has 0 atom stereocenters. The number of hydrogen-bond acceptors (Lipinski definition) is 7. The third kappa shape index (κ3) is 3.31. The minimum absolute atomic E-state index is 0.415. The number of rotatable bonds is 4. The molecule has 4 aromatic rings. The van der Waals surface area contributed by atoms with Gasteiger partial charge >= 0.3 is 7.12 Å². The molecule has 8 heteroatoms. The lowest BCUT2D eigenvalue weighted by Gasteiger charge is -2.12. The van der Waals surface area contributed by atoms with Gasteiger partial charge in [0.2, 0.25) is 0 Å². The normalized spacial score (nSPS) is 13.4. The lowest BCUT2D eigenvalue weighted by atomic mass is 9.79. The largest absolute Gasteiger partial charge is 0.491 e. The number of anilines is 1. The number of nitrogens with zero attached hydrogens (tertiary/aromatic N) is 4. The Kier molecular flexibility index (Phi) is 4.59. The maximum absolute atomic E-state index is 9.75. The van der Waals surface area contributed by atoms with Crippen molar-refractivity contribution in [2.75, 3.05) is 12.1 Å². The lowest BCUT2D eigenvalue weighted by Crippen LogP contribution is -2.27. The van der Waals surface area contributed by atoms with E-state index >= 15 is 0 Å². The van der Waals surface area contributed by atoms with Crippen LogP contribution in [0.3, 0.4) is 0 Å². The van der Waals surface area contributed by atoms with Gasteiger partial charge in [0.15, 0.2) is 5.82 Å². The molecular weight excluding hydrogens is 383 g/mol. The lowest BCUT2D eigenvalue weighted by molar-refractivity contribution is 0.275. The molecule has 2 aromatic heterocycles. The van der Waals surface area contributed by atoms with Gasteiger partial charge in [-0.15, -0.1) is 11.3 Å². The van der Waals surface area contributed by atoms with Gasteiger partial charge in [0, 0.05) is 18.0 Å². The Hall–Kier alpha value is -3.07. The quantitative estimate of drug-likeness (QED) is 0.324. The molecule has 3 heterocycles. The van der Waals surface area contributed by atoms with E-state index in [0.29, 0.717) is 6.61 Å². The van der Waals surface area contributed by atoms with E-state index in [-0.39, 0.29) is 0 Å². The molecule has 0 aliphatic carbocycles. The molecule has 0 bridgehead atoms. The first-order chi connectivity index (χ1) is 14.2. The maximum Gasteiger partial charge on any atom is 0.491 e. The molecule has 6 nitrogen and oxygen atoms in total. The van der Waals surface area contributed by atoms with Crippen molar-refractivity contribution in [3.63, 3.8) is 0 Å². The molecule has 0 saturated carbocycles. The molecule has 1 N–H and O–H groups in total. The fourth-order valence-electron chi connectivity index (χ4n) is 3.43. The highest BCUT2D eigenvalue weighted by Crippen LogP contribution is 2.36. The molecule has 142 valence electrons. The van der Waals surface area contributed by atoms with Crippen molar-refractivity contribution in [3.05, 3.63) is 71.4 Å². The Morgan fingerprint density at radius 1 is 1.21 bits per heavy atom. The molecule has 1 aliphatic heterocycles. The van der Waals surface area contributed by atoms with E-state index in [1.165, 1.54) is 0 Å². The summed E-state index contributed by atoms with van der Waals surface area (Å²) >= 11 is 1.62. The van der Waals surface area contributed by atoms with Crippen LogP contribution < -0.4 is 10.5 Å². The molecule has 0 fully saturated rings. The molecule has 0 amide bonds. The first-order valence-corrected chi connectivity index (χ1v) is 10.1. The van der Waals surface area contributed by atoms with E-state index in [9.17, 15) is 5.02 Å². The third-order valence-electron chi connectivity index (χ3n) is 4.94. The zero-order valence-corrected chi connectivity index (χ0v) is 16.5. The van der Waals surface area contributed by atoms with Gasteiger partial charge in [0.1, 0.15) is 6.33 Å². The topological polar surface area (TPSA) is 70.8 Å². The SMILES string of the molecule is CN(/N=C/c1ccc2c(c1)COB2O)c1ncnc2c(-c3ccccc3)csc12. The van der Waals surface area contributed by atoms with Crippen molar-refractivity contribution in [2.45, 2.75) is 6.61 Å². The summed E-state index contributed by atoms with van der Waals surface area (Å²) in [5.41, 5.74) is 5.91. The number of aromatic nitrogens is 2. The molecule has 0 spiro atoms. The maximum atomic E-state index is 9.75. The van der Waals surface area contributed by atoms with E-state index < -0.39 is 7.12 Å². The van der Waals surface area contributed by atoms with Gasteiger partial charge in [0.25, 0.3) is 0 Å². The fourth-order valence-corrected chi connectivity index (χ4v) is 4.48. The van der Waals surface area contributed by atoms with Crippen molar-refractivity contribution < 1.29 is 9.68 Å². The minimum Gasteiger partial charge on any atom is -0.423 e. The summed E-state index contributed by atoms with van der Waals surface area (Å²) < 4.78 is 6.24. The summed E-state index contributed by atoms with van der Waals surface area (Å²) in [5.74, 6) is 0.762. The average molecular weight is 400 g/mol. The van der Waals surface area contributed by atoms with E-state index in [1.54, 1.807) is 28.9 Å². The molecule has 2 aromatic carbocycles. The second-order valence-corrected chi connectivity index (χ2v) is 7.66. The number of hydrogen-bond donors (Lipinski definition) is 1. The average Bonchev–Trinajstić information content (AvgIpc) is 3.36. The van der Waals surface area contributed by atoms with Crippen molar-refractivity contribution in [1.29, 1.82) is 0 Å². The first-order valence-electron chi connectivity index (χ1n) is 9.18. The van der Waals surface area contributed by atoms with Crippen molar-refractivity contribution >= 4 is 46.2 Å². The standard InChI is InChI=1S/C21H17BN4O2S/c1-26(25-10-14-7-8-18-16(9-14)11-28-22(18)27)21-20-19(23-13-24-21)17(12-29-20)15-5-3-2-4-6-15/h2-10,12-13,27H,11H2,1H3/b25-10+. The van der Waals surface area contributed by atoms with Gasteiger partial charge in [-0.05, 0) is 28.2 Å². The summed E-state index contributed by atoms with van der Waals surface area (Å²) in [6, 6.07) is 16.0. The van der Waals surface area contributed by atoms with Crippen molar-refractivity contribution in [1.82, 2.24) is 9.97 Å². The molecule has 5 rings (SSSR count). The highest BCUT2D eigenvalue weighted by atomic mass is 32.1. The van der Waals surface area contributed by atoms with Crippen LogP contribution in [0.5, 0.6) is 0 Å². The highest BCUT2D eigenvalue weighted by molar-refractivity contribution is 7.18. The van der Waals surface area contributed by atoms with E-state index in [2.05, 4.69) is 32.6 Å². The summed E-state index contributed by atoms with van der Waals surface area (Å²) in [5, 5.41) is 18.2. The zero-order valence-electron chi connectivity index (χ0n) is 15.7. The molecule has 0 radical (unpaired) electrons. The third-order valence-corrected chi connectivity index (χ3v) is 5.90. The number of benzene rings is 2. The van der Waals surface area contributed by atoms with Gasteiger partial charge in [-0.1, -0.05) is 42.5 Å². The second-order valence-electron chi connectivity index (χ2n) is 6.78. The fraction of sp³-hybridized carbons (Fsp3) is 0.0952. The summed E-state index contributed by atoms with van der Waals surface area (Å²) in [6.45, 7) is 0.415. The molecule has 0 saturated heterocycles. The molecule has 1 aliphatic rings. The van der Waals surface area contributed by atoms with E-state index in [4.69, 9.17) is 4.65 Å². The Morgan fingerprint density at radius 3 is 2.93 bits per heavy atom. The Labute approximate surface area is 172 Å². The number of fused-ring (bicyclic) bond motifs is 2. The smallest absolute Gasteiger partial charge is 0.423 e. The first kappa shape index (κ1) is 18.0. The number of thiophene rings is 1. The van der Waals surface area contributed by atoms with Crippen LogP contribution in [0, 0.1) is 0 Å². The van der Waals surface area contributed by atoms with Crippen LogP contribution in [0.25, 0.3) is 21.3 Å². The van der Waals surface area contributed by atoms with E-state index in [0.717, 1.165) is 43.8 Å². The summed E-state index contributed by atoms with van der Waals surface area (Å²) in [4.78, 5) is 8.96. The molecular formula is C21H17BN4O2S. The van der Waals surface area contributed by atoms with Gasteiger partial charge in [-0.3, -0.25) is 0 Å². The van der Waals surface area contributed by atoms with Crippen LogP contribution in [-0.4, -0.2) is 35.4 Å². The molecule has 29 heavy (non-hydrogen) atoms. The van der Waals surface area contributed by atoms with Crippen LogP contribution >= 0.6 is 11.3 Å². The van der Waals surface area contributed by atoms with Crippen LogP contribution in [0.2, 0.25) is 0 Å². The summed E-state index contributed by atoms with van der Waals surface area (Å²) in [6.07, 6.45) is 3.36. The van der Waals surface area contributed by atoms with Crippen LogP contribution in [-0.2, 0) is 11.3 Å². The van der Waals surface area contributed by atoms with Crippen molar-refractivity contribution in [2.24, 2.45) is 5.10 Å². The van der Waals surface area contributed by atoms with Gasteiger partial charge < -0.3 is 9.68 Å². The Bertz CT molecular complexity index is 1210. The van der Waals surface area contributed by atoms with Crippen molar-refractivity contribution in [3.8, 4) is 11.1 Å². The van der Waals surface area contributed by atoms with E-state index in [1.807, 2.05) is 43.4 Å². The Balaban J connectivity index is 1.45. The van der Waals surface area contributed by atoms with Crippen LogP contribution in [0.4, 0.5) is 5.82 Å². The van der Waals surface area contributed by atoms with Gasteiger partial charge in [-0.25, -0.2) is 15.0 Å². The predicted octanol–water partition coefficient (Wildman–Crippen LogP) is 3.05. The zero-order chi connectivity index (χ0) is 19.8. The minimum atomic E-state index is -0.828. The van der Waals surface area contributed by atoms with Gasteiger partial charge in [-0.2, -0.15) is 5.10 Å². The van der Waals surface area contributed by atoms with Crippen LogP contribution in [0.1, 0.15) is 11.1 Å². The predicted molar refractivity (Wildman–Crippen MR) is 118 cm³/mol. The Morgan fingerprint density at radius 2 is 2.07 bits per heavy atom. The number of hydrazone groups is 1. The highest BCUT2D eigenvalue weighted by Gasteiger charge is 2.26.